The highest BCUT2D eigenvalue weighted by Gasteiger charge is 2.44. The number of carbonyl (C=O) groups is 2. The molecule has 1 aliphatic heterocycles. The zero-order valence-electron chi connectivity index (χ0n) is 13.9. The van der Waals surface area contributed by atoms with Crippen molar-refractivity contribution in [1.82, 2.24) is 10.2 Å². The van der Waals surface area contributed by atoms with Crippen molar-refractivity contribution in [1.29, 1.82) is 0 Å². The molecule has 1 aliphatic carbocycles. The molecule has 1 aromatic rings. The highest BCUT2D eigenvalue weighted by atomic mass is 16.5. The number of nitrogens with zero attached hydrogens (tertiary/aromatic N) is 1. The summed E-state index contributed by atoms with van der Waals surface area (Å²) < 4.78 is 5.84. The molecule has 1 saturated heterocycles. The molecule has 1 unspecified atom stereocenters. The Morgan fingerprint density at radius 2 is 2.04 bits per heavy atom. The molecule has 2 fully saturated rings. The molecule has 24 heavy (non-hydrogen) atoms. The molecule has 3 N–H and O–H groups in total. The van der Waals surface area contributed by atoms with Crippen LogP contribution in [-0.4, -0.2) is 43.1 Å². The van der Waals surface area contributed by atoms with Gasteiger partial charge in [-0.25, -0.2) is 4.79 Å². The van der Waals surface area contributed by atoms with Crippen LogP contribution in [0.3, 0.4) is 0 Å². The number of urea groups is 1. The number of primary amides is 1. The van der Waals surface area contributed by atoms with Crippen LogP contribution < -0.4 is 15.8 Å². The standard InChI is InChI=1S/C18H25N3O3/c19-17(23)21-10-4-5-14(11-21)16(22)20-12-18(8-9-18)13-24-15-6-2-1-3-7-15/h1-3,6-7,14H,4-5,8-13H2,(H2,19,23)(H,20,22). The minimum Gasteiger partial charge on any atom is -0.493 e. The van der Waals surface area contributed by atoms with Gasteiger partial charge in [0.2, 0.25) is 5.91 Å². The Morgan fingerprint density at radius 1 is 1.29 bits per heavy atom. The Balaban J connectivity index is 1.44. The van der Waals surface area contributed by atoms with Gasteiger partial charge in [0.1, 0.15) is 5.75 Å². The second-order valence-electron chi connectivity index (χ2n) is 6.94. The maximum atomic E-state index is 12.4. The van der Waals surface area contributed by atoms with E-state index < -0.39 is 6.03 Å². The molecule has 0 aromatic heterocycles. The number of nitrogens with one attached hydrogen (secondary N) is 1. The number of ether oxygens (including phenoxy) is 1. The van der Waals surface area contributed by atoms with Crippen molar-refractivity contribution in [2.45, 2.75) is 25.7 Å². The number of carbonyl (C=O) groups excluding carboxylic acids is 2. The summed E-state index contributed by atoms with van der Waals surface area (Å²) in [6.45, 7) is 2.32. The topological polar surface area (TPSA) is 84.7 Å². The summed E-state index contributed by atoms with van der Waals surface area (Å²) in [6.07, 6.45) is 3.77. The summed E-state index contributed by atoms with van der Waals surface area (Å²) in [5, 5.41) is 3.05. The number of rotatable bonds is 6. The lowest BCUT2D eigenvalue weighted by atomic mass is 9.97. The molecule has 0 spiro atoms. The molecule has 1 heterocycles. The van der Waals surface area contributed by atoms with Gasteiger partial charge in [-0.2, -0.15) is 0 Å². The van der Waals surface area contributed by atoms with E-state index in [1.54, 1.807) is 4.90 Å². The number of benzene rings is 1. The lowest BCUT2D eigenvalue weighted by molar-refractivity contribution is -0.126. The smallest absolute Gasteiger partial charge is 0.314 e. The number of nitrogens with two attached hydrogens (primary N) is 1. The van der Waals surface area contributed by atoms with Crippen molar-refractivity contribution in [3.63, 3.8) is 0 Å². The number of hydrogen-bond donors (Lipinski definition) is 2. The van der Waals surface area contributed by atoms with Crippen molar-refractivity contribution in [3.8, 4) is 5.75 Å². The van der Waals surface area contributed by atoms with Crippen LogP contribution in [0.2, 0.25) is 0 Å². The fourth-order valence-corrected chi connectivity index (χ4v) is 3.11. The number of para-hydroxylation sites is 1. The van der Waals surface area contributed by atoms with Crippen LogP contribution in [0.4, 0.5) is 4.79 Å². The average molecular weight is 331 g/mol. The summed E-state index contributed by atoms with van der Waals surface area (Å²) >= 11 is 0. The Kier molecular flexibility index (Phi) is 4.92. The first-order valence-electron chi connectivity index (χ1n) is 8.58. The van der Waals surface area contributed by atoms with E-state index in [-0.39, 0.29) is 17.2 Å². The van der Waals surface area contributed by atoms with E-state index in [4.69, 9.17) is 10.5 Å². The molecule has 3 amide bonds. The molecule has 6 heteroatoms. The third-order valence-electron chi connectivity index (χ3n) is 4.99. The summed E-state index contributed by atoms with van der Waals surface area (Å²) in [4.78, 5) is 25.2. The largest absolute Gasteiger partial charge is 0.493 e. The first-order valence-corrected chi connectivity index (χ1v) is 8.58. The number of hydrogen-bond acceptors (Lipinski definition) is 3. The molecular formula is C18H25N3O3. The monoisotopic (exact) mass is 331 g/mol. The van der Waals surface area contributed by atoms with E-state index in [1.807, 2.05) is 30.3 Å². The SMILES string of the molecule is NC(=O)N1CCCC(C(=O)NCC2(COc3ccccc3)CC2)C1. The second-order valence-corrected chi connectivity index (χ2v) is 6.94. The third-order valence-corrected chi connectivity index (χ3v) is 4.99. The molecule has 2 aliphatic rings. The van der Waals surface area contributed by atoms with Crippen LogP contribution in [0, 0.1) is 11.3 Å². The molecular weight excluding hydrogens is 306 g/mol. The van der Waals surface area contributed by atoms with Gasteiger partial charge in [0.05, 0.1) is 12.5 Å². The fourth-order valence-electron chi connectivity index (χ4n) is 3.11. The normalized spacial score (nSPS) is 21.8. The molecule has 1 atom stereocenters. The lowest BCUT2D eigenvalue weighted by Crippen LogP contribution is -2.48. The quantitative estimate of drug-likeness (QED) is 0.833. The van der Waals surface area contributed by atoms with Gasteiger partial charge >= 0.3 is 6.03 Å². The molecule has 1 aromatic carbocycles. The predicted octanol–water partition coefficient (Wildman–Crippen LogP) is 1.75. The summed E-state index contributed by atoms with van der Waals surface area (Å²) in [7, 11) is 0. The summed E-state index contributed by atoms with van der Waals surface area (Å²) in [6, 6.07) is 9.29. The zero-order valence-corrected chi connectivity index (χ0v) is 13.9. The minimum absolute atomic E-state index is 0.0203. The van der Waals surface area contributed by atoms with Crippen molar-refractivity contribution in [2.24, 2.45) is 17.1 Å². The van der Waals surface area contributed by atoms with Crippen molar-refractivity contribution < 1.29 is 14.3 Å². The van der Waals surface area contributed by atoms with Gasteiger partial charge < -0.3 is 20.7 Å². The average Bonchev–Trinajstić information content (AvgIpc) is 3.39. The first-order chi connectivity index (χ1) is 11.6. The van der Waals surface area contributed by atoms with E-state index in [9.17, 15) is 9.59 Å². The lowest BCUT2D eigenvalue weighted by Gasteiger charge is -2.31. The van der Waals surface area contributed by atoms with Crippen molar-refractivity contribution >= 4 is 11.9 Å². The van der Waals surface area contributed by atoms with Gasteiger partial charge in [-0.1, -0.05) is 18.2 Å². The van der Waals surface area contributed by atoms with Gasteiger partial charge in [0, 0.05) is 25.0 Å². The number of piperidine rings is 1. The summed E-state index contributed by atoms with van der Waals surface area (Å²) in [5.41, 5.74) is 5.38. The van der Waals surface area contributed by atoms with Crippen LogP contribution in [0.15, 0.2) is 30.3 Å². The first kappa shape index (κ1) is 16.6. The molecule has 1 saturated carbocycles. The maximum absolute atomic E-state index is 12.4. The Morgan fingerprint density at radius 3 is 2.71 bits per heavy atom. The van der Waals surface area contributed by atoms with E-state index in [0.717, 1.165) is 31.4 Å². The van der Waals surface area contributed by atoms with Crippen LogP contribution in [-0.2, 0) is 4.79 Å². The van der Waals surface area contributed by atoms with E-state index in [1.165, 1.54) is 0 Å². The predicted molar refractivity (Wildman–Crippen MR) is 90.5 cm³/mol. The highest BCUT2D eigenvalue weighted by molar-refractivity contribution is 5.80. The molecule has 3 rings (SSSR count). The molecule has 6 nitrogen and oxygen atoms in total. The zero-order chi connectivity index (χ0) is 17.0. The van der Waals surface area contributed by atoms with Crippen LogP contribution in [0.5, 0.6) is 5.75 Å². The van der Waals surface area contributed by atoms with E-state index >= 15 is 0 Å². The Bertz CT molecular complexity index is 586. The van der Waals surface area contributed by atoms with Crippen LogP contribution in [0.25, 0.3) is 0 Å². The molecule has 0 bridgehead atoms. The minimum atomic E-state index is -0.442. The number of likely N-dealkylation sites (tertiary alicyclic amines) is 1. The van der Waals surface area contributed by atoms with Gasteiger partial charge in [-0.05, 0) is 37.8 Å². The van der Waals surface area contributed by atoms with Gasteiger partial charge in [0.25, 0.3) is 0 Å². The molecule has 130 valence electrons. The fraction of sp³-hybridized carbons (Fsp3) is 0.556. The van der Waals surface area contributed by atoms with E-state index in [0.29, 0.717) is 26.2 Å². The van der Waals surface area contributed by atoms with Crippen molar-refractivity contribution in [3.05, 3.63) is 30.3 Å². The maximum Gasteiger partial charge on any atom is 0.314 e. The van der Waals surface area contributed by atoms with Crippen LogP contribution in [0.1, 0.15) is 25.7 Å². The number of amides is 3. The van der Waals surface area contributed by atoms with Gasteiger partial charge in [-0.3, -0.25) is 4.79 Å². The Labute approximate surface area is 142 Å². The molecule has 0 radical (unpaired) electrons. The highest BCUT2D eigenvalue weighted by Crippen LogP contribution is 2.45. The van der Waals surface area contributed by atoms with Gasteiger partial charge in [-0.15, -0.1) is 0 Å². The summed E-state index contributed by atoms with van der Waals surface area (Å²) in [5.74, 6) is 0.725. The van der Waals surface area contributed by atoms with Gasteiger partial charge in [0.15, 0.2) is 0 Å². The Hall–Kier alpha value is -2.24. The third kappa shape index (κ3) is 4.19. The van der Waals surface area contributed by atoms with E-state index in [2.05, 4.69) is 5.32 Å². The van der Waals surface area contributed by atoms with Crippen molar-refractivity contribution in [2.75, 3.05) is 26.2 Å². The second kappa shape index (κ2) is 7.11. The van der Waals surface area contributed by atoms with Crippen LogP contribution >= 0.6 is 0 Å².